The molecule has 6 nitrogen and oxygen atoms in total. The van der Waals surface area contributed by atoms with Crippen molar-refractivity contribution in [2.24, 2.45) is 0 Å². The highest BCUT2D eigenvalue weighted by molar-refractivity contribution is 7.92. The lowest BCUT2D eigenvalue weighted by atomic mass is 10.2. The van der Waals surface area contributed by atoms with E-state index in [1.54, 1.807) is 18.2 Å². The molecular formula is C20H26N2O4S. The number of rotatable bonds is 9. The average Bonchev–Trinajstić information content (AvgIpc) is 2.66. The Hall–Kier alpha value is -2.54. The minimum absolute atomic E-state index is 0.0771. The Morgan fingerprint density at radius 3 is 2.41 bits per heavy atom. The molecule has 0 saturated heterocycles. The molecule has 0 aliphatic carbocycles. The number of hydrogen-bond donors (Lipinski definition) is 2. The molecule has 0 bridgehead atoms. The number of hydrogen-bond acceptors (Lipinski definition) is 4. The van der Waals surface area contributed by atoms with E-state index in [9.17, 15) is 13.2 Å². The Morgan fingerprint density at radius 1 is 1.07 bits per heavy atom. The van der Waals surface area contributed by atoms with Crippen molar-refractivity contribution in [3.63, 3.8) is 0 Å². The number of anilines is 1. The van der Waals surface area contributed by atoms with Crippen molar-refractivity contribution in [2.45, 2.75) is 38.0 Å². The first-order valence-electron chi connectivity index (χ1n) is 8.93. The van der Waals surface area contributed by atoms with Crippen LogP contribution in [-0.2, 0) is 10.0 Å². The summed E-state index contributed by atoms with van der Waals surface area (Å²) in [7, 11) is -2.52. The third-order valence-electron chi connectivity index (χ3n) is 4.09. The number of carbonyl (C=O) groups excluding carboxylic acids is 1. The summed E-state index contributed by atoms with van der Waals surface area (Å²) >= 11 is 0. The van der Waals surface area contributed by atoms with E-state index in [-0.39, 0.29) is 22.1 Å². The van der Waals surface area contributed by atoms with Crippen molar-refractivity contribution in [3.8, 4) is 5.75 Å². The molecule has 2 N–H and O–H groups in total. The second-order valence-electron chi connectivity index (χ2n) is 6.30. The van der Waals surface area contributed by atoms with Gasteiger partial charge in [-0.05, 0) is 43.7 Å². The zero-order valence-corrected chi connectivity index (χ0v) is 16.7. The summed E-state index contributed by atoms with van der Waals surface area (Å²) in [5, 5.41) is 2.81. The largest absolute Gasteiger partial charge is 0.495 e. The second kappa shape index (κ2) is 9.41. The summed E-state index contributed by atoms with van der Waals surface area (Å²) < 4.78 is 33.3. The molecule has 0 aliphatic rings. The number of methoxy groups -OCH3 is 1. The van der Waals surface area contributed by atoms with Crippen molar-refractivity contribution < 1.29 is 17.9 Å². The number of aryl methyl sites for hydroxylation is 1. The Bertz CT molecular complexity index is 877. The molecule has 0 heterocycles. The lowest BCUT2D eigenvalue weighted by molar-refractivity contribution is 0.0952. The van der Waals surface area contributed by atoms with E-state index in [1.165, 1.54) is 19.2 Å². The monoisotopic (exact) mass is 390 g/mol. The number of carbonyl (C=O) groups is 1. The van der Waals surface area contributed by atoms with Gasteiger partial charge >= 0.3 is 0 Å². The summed E-state index contributed by atoms with van der Waals surface area (Å²) in [6.07, 6.45) is 2.98. The predicted molar refractivity (Wildman–Crippen MR) is 107 cm³/mol. The number of ether oxygens (including phenoxy) is 1. The summed E-state index contributed by atoms with van der Waals surface area (Å²) in [5.74, 6) is -0.127. The zero-order chi connectivity index (χ0) is 19.9. The van der Waals surface area contributed by atoms with E-state index in [0.717, 1.165) is 24.8 Å². The molecular weight excluding hydrogens is 364 g/mol. The van der Waals surface area contributed by atoms with Crippen LogP contribution in [0.25, 0.3) is 0 Å². The van der Waals surface area contributed by atoms with E-state index in [1.807, 2.05) is 19.1 Å². The average molecular weight is 391 g/mol. The van der Waals surface area contributed by atoms with Crippen LogP contribution >= 0.6 is 0 Å². The van der Waals surface area contributed by atoms with E-state index < -0.39 is 10.0 Å². The van der Waals surface area contributed by atoms with Gasteiger partial charge in [-0.3, -0.25) is 9.52 Å². The van der Waals surface area contributed by atoms with Gasteiger partial charge in [0, 0.05) is 17.8 Å². The van der Waals surface area contributed by atoms with Crippen LogP contribution in [-0.4, -0.2) is 28.0 Å². The van der Waals surface area contributed by atoms with E-state index in [4.69, 9.17) is 4.74 Å². The van der Waals surface area contributed by atoms with Gasteiger partial charge in [0.15, 0.2) is 0 Å². The number of sulfonamides is 1. The minimum Gasteiger partial charge on any atom is -0.495 e. The van der Waals surface area contributed by atoms with Gasteiger partial charge in [0.2, 0.25) is 0 Å². The molecule has 0 saturated carbocycles. The quantitative estimate of drug-likeness (QED) is 0.639. The number of unbranched alkanes of at least 4 members (excludes halogenated alkanes) is 2. The zero-order valence-electron chi connectivity index (χ0n) is 15.9. The van der Waals surface area contributed by atoms with Crippen LogP contribution < -0.4 is 14.8 Å². The smallest absolute Gasteiger partial charge is 0.265 e. The lowest BCUT2D eigenvalue weighted by Crippen LogP contribution is -2.25. The van der Waals surface area contributed by atoms with Crippen LogP contribution in [0.1, 0.15) is 42.1 Å². The maximum absolute atomic E-state index is 12.8. The number of benzene rings is 2. The van der Waals surface area contributed by atoms with E-state index >= 15 is 0 Å². The second-order valence-corrected chi connectivity index (χ2v) is 7.95. The van der Waals surface area contributed by atoms with Gasteiger partial charge in [0.1, 0.15) is 10.6 Å². The van der Waals surface area contributed by atoms with Gasteiger partial charge in [-0.15, -0.1) is 0 Å². The molecule has 0 spiro atoms. The Morgan fingerprint density at radius 2 is 1.78 bits per heavy atom. The minimum atomic E-state index is -3.91. The van der Waals surface area contributed by atoms with Crippen LogP contribution in [0, 0.1) is 6.92 Å². The molecule has 146 valence electrons. The molecule has 2 rings (SSSR count). The predicted octanol–water partition coefficient (Wildman–Crippen LogP) is 3.72. The molecule has 0 atom stereocenters. The summed E-state index contributed by atoms with van der Waals surface area (Å²) in [6.45, 7) is 4.57. The normalized spacial score (nSPS) is 11.1. The van der Waals surface area contributed by atoms with E-state index in [0.29, 0.717) is 12.2 Å². The highest BCUT2D eigenvalue weighted by Gasteiger charge is 2.22. The topological polar surface area (TPSA) is 84.5 Å². The van der Waals surface area contributed by atoms with Gasteiger partial charge in [-0.2, -0.15) is 0 Å². The Kier molecular flexibility index (Phi) is 7.24. The van der Waals surface area contributed by atoms with E-state index in [2.05, 4.69) is 17.0 Å². The lowest BCUT2D eigenvalue weighted by Gasteiger charge is -2.13. The van der Waals surface area contributed by atoms with Crippen LogP contribution in [0.3, 0.4) is 0 Å². The molecule has 0 radical (unpaired) electrons. The third kappa shape index (κ3) is 5.72. The molecule has 0 aromatic heterocycles. The fourth-order valence-corrected chi connectivity index (χ4v) is 3.79. The first-order valence-corrected chi connectivity index (χ1v) is 10.4. The van der Waals surface area contributed by atoms with Gasteiger partial charge in [-0.25, -0.2) is 8.42 Å². The summed E-state index contributed by atoms with van der Waals surface area (Å²) in [5.41, 5.74) is 1.74. The number of amides is 1. The maximum Gasteiger partial charge on any atom is 0.265 e. The first kappa shape index (κ1) is 20.8. The molecule has 7 heteroatoms. The molecule has 2 aromatic rings. The molecule has 27 heavy (non-hydrogen) atoms. The van der Waals surface area contributed by atoms with Crippen molar-refractivity contribution in [3.05, 3.63) is 53.6 Å². The number of nitrogens with one attached hydrogen (secondary N) is 2. The fraction of sp³-hybridized carbons (Fsp3) is 0.350. The highest BCUT2D eigenvalue weighted by Crippen LogP contribution is 2.27. The van der Waals surface area contributed by atoms with Crippen LogP contribution in [0.5, 0.6) is 5.75 Å². The molecule has 0 aliphatic heterocycles. The van der Waals surface area contributed by atoms with Gasteiger partial charge in [-0.1, -0.05) is 37.5 Å². The first-order chi connectivity index (χ1) is 12.9. The maximum atomic E-state index is 12.8. The molecule has 0 fully saturated rings. The summed E-state index contributed by atoms with van der Waals surface area (Å²) in [6, 6.07) is 11.4. The van der Waals surface area contributed by atoms with Crippen molar-refractivity contribution in [2.75, 3.05) is 18.4 Å². The van der Waals surface area contributed by atoms with Gasteiger partial charge in [0.05, 0.1) is 7.11 Å². The molecule has 0 unspecified atom stereocenters. The van der Waals surface area contributed by atoms with Crippen LogP contribution in [0.4, 0.5) is 5.69 Å². The van der Waals surface area contributed by atoms with Gasteiger partial charge in [0.25, 0.3) is 15.9 Å². The molecule has 1 amide bonds. The standard InChI is InChI=1S/C20H26N2O4S/c1-4-5-6-13-21-20(23)16-9-12-18(26-3)19(14-16)27(24,25)22-17-10-7-15(2)8-11-17/h7-12,14,22H,4-6,13H2,1-3H3,(H,21,23). The van der Waals surface area contributed by atoms with Crippen molar-refractivity contribution in [1.82, 2.24) is 5.32 Å². The third-order valence-corrected chi connectivity index (χ3v) is 5.49. The van der Waals surface area contributed by atoms with Crippen molar-refractivity contribution in [1.29, 1.82) is 0 Å². The van der Waals surface area contributed by atoms with Crippen LogP contribution in [0.15, 0.2) is 47.4 Å². The fourth-order valence-electron chi connectivity index (χ4n) is 2.54. The SMILES string of the molecule is CCCCCNC(=O)c1ccc(OC)c(S(=O)(=O)Nc2ccc(C)cc2)c1. The Balaban J connectivity index is 2.25. The highest BCUT2D eigenvalue weighted by atomic mass is 32.2. The van der Waals surface area contributed by atoms with Crippen LogP contribution in [0.2, 0.25) is 0 Å². The van der Waals surface area contributed by atoms with Gasteiger partial charge < -0.3 is 10.1 Å². The summed E-state index contributed by atoms with van der Waals surface area (Å²) in [4.78, 5) is 12.2. The Labute approximate surface area is 161 Å². The molecule has 2 aromatic carbocycles. The van der Waals surface area contributed by atoms with Crippen molar-refractivity contribution >= 4 is 21.6 Å².